The summed E-state index contributed by atoms with van der Waals surface area (Å²) in [5.41, 5.74) is 3.19. The lowest BCUT2D eigenvalue weighted by Gasteiger charge is -2.12. The number of carbonyl (C=O) groups excluding carboxylic acids is 2. The van der Waals surface area contributed by atoms with Crippen molar-refractivity contribution in [3.05, 3.63) is 107 Å². The van der Waals surface area contributed by atoms with Crippen LogP contribution in [0.1, 0.15) is 21.5 Å². The quantitative estimate of drug-likeness (QED) is 0.666. The number of benzene rings is 3. The number of hydrogen-bond donors (Lipinski definition) is 2. The molecule has 3 aromatic rings. The Morgan fingerprint density at radius 2 is 1.48 bits per heavy atom. The molecule has 0 aliphatic rings. The first-order valence-electron chi connectivity index (χ1n) is 8.63. The van der Waals surface area contributed by atoms with Crippen LogP contribution in [-0.4, -0.2) is 11.8 Å². The first kappa shape index (κ1) is 18.1. The van der Waals surface area contributed by atoms with Gasteiger partial charge in [0.05, 0.1) is 0 Å². The lowest BCUT2D eigenvalue weighted by Crippen LogP contribution is -2.30. The molecule has 0 aliphatic carbocycles. The Kier molecular flexibility index (Phi) is 5.80. The van der Waals surface area contributed by atoms with Crippen molar-refractivity contribution in [2.45, 2.75) is 6.92 Å². The third-order valence-electron chi connectivity index (χ3n) is 3.92. The molecule has 0 aliphatic heterocycles. The number of anilines is 1. The van der Waals surface area contributed by atoms with Crippen molar-refractivity contribution in [2.24, 2.45) is 0 Å². The topological polar surface area (TPSA) is 58.2 Å². The van der Waals surface area contributed by atoms with Gasteiger partial charge in [0.15, 0.2) is 0 Å². The van der Waals surface area contributed by atoms with Crippen LogP contribution in [0.2, 0.25) is 0 Å². The van der Waals surface area contributed by atoms with Crippen LogP contribution in [0.25, 0.3) is 6.08 Å². The van der Waals surface area contributed by atoms with Crippen molar-refractivity contribution < 1.29 is 9.59 Å². The molecular weight excluding hydrogens is 336 g/mol. The monoisotopic (exact) mass is 356 g/mol. The molecule has 0 spiro atoms. The summed E-state index contributed by atoms with van der Waals surface area (Å²) in [6.07, 6.45) is 1.66. The normalized spacial score (nSPS) is 10.9. The molecular formula is C23H20N2O2. The fourth-order valence-electron chi connectivity index (χ4n) is 2.58. The predicted octanol–water partition coefficient (Wildman–Crippen LogP) is 4.40. The summed E-state index contributed by atoms with van der Waals surface area (Å²) in [5.74, 6) is -0.717. The molecule has 0 heterocycles. The van der Waals surface area contributed by atoms with E-state index in [1.165, 1.54) is 0 Å². The zero-order valence-electron chi connectivity index (χ0n) is 15.0. The van der Waals surface area contributed by atoms with Crippen LogP contribution >= 0.6 is 0 Å². The van der Waals surface area contributed by atoms with E-state index in [1.807, 2.05) is 67.6 Å². The summed E-state index contributed by atoms with van der Waals surface area (Å²) >= 11 is 0. The van der Waals surface area contributed by atoms with Crippen molar-refractivity contribution in [1.29, 1.82) is 0 Å². The molecule has 3 aromatic carbocycles. The fourth-order valence-corrected chi connectivity index (χ4v) is 2.58. The minimum atomic E-state index is -0.381. The molecule has 2 N–H and O–H groups in total. The molecule has 0 bridgehead atoms. The van der Waals surface area contributed by atoms with Crippen LogP contribution < -0.4 is 10.6 Å². The largest absolute Gasteiger partial charge is 0.321 e. The number of rotatable bonds is 5. The van der Waals surface area contributed by atoms with Crippen molar-refractivity contribution in [1.82, 2.24) is 5.32 Å². The van der Waals surface area contributed by atoms with Gasteiger partial charge in [-0.05, 0) is 48.4 Å². The van der Waals surface area contributed by atoms with E-state index in [0.717, 1.165) is 11.1 Å². The van der Waals surface area contributed by atoms with Gasteiger partial charge in [-0.3, -0.25) is 9.59 Å². The van der Waals surface area contributed by atoms with Crippen molar-refractivity contribution >= 4 is 23.6 Å². The molecule has 0 fully saturated rings. The second-order valence-electron chi connectivity index (χ2n) is 6.11. The van der Waals surface area contributed by atoms with Gasteiger partial charge in [0.25, 0.3) is 11.8 Å². The Bertz CT molecular complexity index is 964. The maximum Gasteiger partial charge on any atom is 0.272 e. The molecule has 4 heteroatoms. The van der Waals surface area contributed by atoms with E-state index in [1.54, 1.807) is 30.3 Å². The summed E-state index contributed by atoms with van der Waals surface area (Å²) in [6.45, 7) is 1.95. The molecule has 4 nitrogen and oxygen atoms in total. The summed E-state index contributed by atoms with van der Waals surface area (Å²) in [4.78, 5) is 25.3. The number of aryl methyl sites for hydroxylation is 1. The second kappa shape index (κ2) is 8.63. The van der Waals surface area contributed by atoms with Crippen molar-refractivity contribution in [3.63, 3.8) is 0 Å². The first-order chi connectivity index (χ1) is 13.1. The molecule has 0 aromatic heterocycles. The first-order valence-corrected chi connectivity index (χ1v) is 8.63. The molecule has 0 saturated heterocycles. The average molecular weight is 356 g/mol. The Morgan fingerprint density at radius 3 is 2.15 bits per heavy atom. The maximum atomic E-state index is 12.8. The predicted molar refractivity (Wildman–Crippen MR) is 108 cm³/mol. The van der Waals surface area contributed by atoms with Gasteiger partial charge in [0.1, 0.15) is 5.70 Å². The zero-order valence-corrected chi connectivity index (χ0v) is 15.0. The van der Waals surface area contributed by atoms with Crippen LogP contribution in [0.15, 0.2) is 90.6 Å². The van der Waals surface area contributed by atoms with Gasteiger partial charge in [-0.1, -0.05) is 60.7 Å². The van der Waals surface area contributed by atoms with E-state index >= 15 is 0 Å². The highest BCUT2D eigenvalue weighted by Crippen LogP contribution is 2.13. The van der Waals surface area contributed by atoms with Gasteiger partial charge in [-0.25, -0.2) is 0 Å². The van der Waals surface area contributed by atoms with Crippen molar-refractivity contribution in [2.75, 3.05) is 5.32 Å². The highest BCUT2D eigenvalue weighted by atomic mass is 16.2. The van der Waals surface area contributed by atoms with Crippen LogP contribution in [0.5, 0.6) is 0 Å². The van der Waals surface area contributed by atoms with E-state index in [4.69, 9.17) is 0 Å². The standard InChI is InChI=1S/C23H20N2O2/c1-17-9-8-14-20(15-17)24-23(27)21(16-18-10-4-2-5-11-18)25-22(26)19-12-6-3-7-13-19/h2-16H,1H3,(H,24,27)(H,25,26)/b21-16-. The SMILES string of the molecule is Cc1cccc(NC(=O)/C(=C/c2ccccc2)NC(=O)c2ccccc2)c1. The average Bonchev–Trinajstić information content (AvgIpc) is 2.69. The summed E-state index contributed by atoms with van der Waals surface area (Å²) < 4.78 is 0. The summed E-state index contributed by atoms with van der Waals surface area (Å²) in [6, 6.07) is 25.7. The van der Waals surface area contributed by atoms with E-state index in [2.05, 4.69) is 10.6 Å². The van der Waals surface area contributed by atoms with Crippen molar-refractivity contribution in [3.8, 4) is 0 Å². The van der Waals surface area contributed by atoms with Gasteiger partial charge in [0.2, 0.25) is 0 Å². The molecule has 0 unspecified atom stereocenters. The highest BCUT2D eigenvalue weighted by Gasteiger charge is 2.15. The van der Waals surface area contributed by atoms with Crippen LogP contribution in [0.3, 0.4) is 0 Å². The fraction of sp³-hybridized carbons (Fsp3) is 0.0435. The van der Waals surface area contributed by atoms with Gasteiger partial charge in [0, 0.05) is 11.3 Å². The lowest BCUT2D eigenvalue weighted by atomic mass is 10.1. The maximum absolute atomic E-state index is 12.8. The van der Waals surface area contributed by atoms with Crippen LogP contribution in [0, 0.1) is 6.92 Å². The third-order valence-corrected chi connectivity index (χ3v) is 3.92. The van der Waals surface area contributed by atoms with Gasteiger partial charge >= 0.3 is 0 Å². The Morgan fingerprint density at radius 1 is 0.815 bits per heavy atom. The smallest absolute Gasteiger partial charge is 0.272 e. The Balaban J connectivity index is 1.86. The van der Waals surface area contributed by atoms with Gasteiger partial charge in [-0.15, -0.1) is 0 Å². The molecule has 0 radical (unpaired) electrons. The van der Waals surface area contributed by atoms with Gasteiger partial charge < -0.3 is 10.6 Å². The van der Waals surface area contributed by atoms with E-state index in [0.29, 0.717) is 11.3 Å². The van der Waals surface area contributed by atoms with Crippen LogP contribution in [0.4, 0.5) is 5.69 Å². The van der Waals surface area contributed by atoms with Gasteiger partial charge in [-0.2, -0.15) is 0 Å². The van der Waals surface area contributed by atoms with E-state index in [9.17, 15) is 9.59 Å². The molecule has 3 rings (SSSR count). The molecule has 2 amide bonds. The number of hydrogen-bond acceptors (Lipinski definition) is 2. The highest BCUT2D eigenvalue weighted by molar-refractivity contribution is 6.10. The third kappa shape index (κ3) is 5.16. The lowest BCUT2D eigenvalue weighted by molar-refractivity contribution is -0.113. The van der Waals surface area contributed by atoms with E-state index < -0.39 is 0 Å². The zero-order chi connectivity index (χ0) is 19.1. The number of amides is 2. The summed E-state index contributed by atoms with van der Waals surface area (Å²) in [7, 11) is 0. The molecule has 0 saturated carbocycles. The summed E-state index contributed by atoms with van der Waals surface area (Å²) in [5, 5.41) is 5.56. The Labute approximate surface area is 158 Å². The Hall–Kier alpha value is -3.66. The second-order valence-corrected chi connectivity index (χ2v) is 6.11. The molecule has 27 heavy (non-hydrogen) atoms. The minimum Gasteiger partial charge on any atom is -0.321 e. The molecule has 134 valence electrons. The number of nitrogens with one attached hydrogen (secondary N) is 2. The molecule has 0 atom stereocenters. The minimum absolute atomic E-state index is 0.177. The van der Waals surface area contributed by atoms with E-state index in [-0.39, 0.29) is 17.5 Å². The van der Waals surface area contributed by atoms with Crippen LogP contribution in [-0.2, 0) is 4.79 Å². The number of carbonyl (C=O) groups is 2.